The van der Waals surface area contributed by atoms with Crippen molar-refractivity contribution in [2.75, 3.05) is 6.61 Å². The number of amidine groups is 1. The van der Waals surface area contributed by atoms with Crippen LogP contribution in [0.5, 0.6) is 0 Å². The maximum Gasteiger partial charge on any atom is 0.189 e. The molecule has 0 saturated heterocycles. The van der Waals surface area contributed by atoms with Crippen molar-refractivity contribution in [3.05, 3.63) is 29.6 Å². The smallest absolute Gasteiger partial charge is 0.189 e. The largest absolute Gasteiger partial charge is 0.409 e. The van der Waals surface area contributed by atoms with Crippen LogP contribution in [0.1, 0.15) is 43.9 Å². The summed E-state index contributed by atoms with van der Waals surface area (Å²) in [6.07, 6.45) is 5.87. The molecule has 0 bridgehead atoms. The molecule has 6 nitrogen and oxygen atoms in total. The standard InChI is InChI=1S/C15H24N4O2/c1-11-4-2-6-15(8-11,10-20)18-9-12-5-3-7-17-13(12)14(16)19-21/h3,5,7,11,18,20-21H,2,4,6,8-10H2,1H3,(H2,16,19). The molecule has 1 aliphatic rings. The molecule has 0 aliphatic heterocycles. The lowest BCUT2D eigenvalue weighted by molar-refractivity contribution is 0.0982. The Bertz CT molecular complexity index is 506. The number of hydrogen-bond donors (Lipinski definition) is 4. The van der Waals surface area contributed by atoms with E-state index >= 15 is 0 Å². The number of aromatic nitrogens is 1. The Morgan fingerprint density at radius 1 is 1.62 bits per heavy atom. The van der Waals surface area contributed by atoms with Crippen LogP contribution in [-0.2, 0) is 6.54 Å². The van der Waals surface area contributed by atoms with Crippen molar-refractivity contribution < 1.29 is 10.3 Å². The molecule has 6 heteroatoms. The van der Waals surface area contributed by atoms with E-state index in [1.807, 2.05) is 12.1 Å². The second-order valence-electron chi connectivity index (χ2n) is 5.99. The Labute approximate surface area is 125 Å². The van der Waals surface area contributed by atoms with Gasteiger partial charge in [-0.15, -0.1) is 0 Å². The monoisotopic (exact) mass is 292 g/mol. The van der Waals surface area contributed by atoms with E-state index in [1.165, 1.54) is 6.42 Å². The molecule has 2 rings (SSSR count). The van der Waals surface area contributed by atoms with Gasteiger partial charge in [-0.1, -0.05) is 31.0 Å². The molecule has 1 heterocycles. The second kappa shape index (κ2) is 6.87. The molecule has 1 aromatic heterocycles. The van der Waals surface area contributed by atoms with Gasteiger partial charge in [-0.3, -0.25) is 4.98 Å². The highest BCUT2D eigenvalue weighted by molar-refractivity contribution is 5.96. The summed E-state index contributed by atoms with van der Waals surface area (Å²) in [5.41, 5.74) is 6.75. The van der Waals surface area contributed by atoms with E-state index in [0.717, 1.165) is 24.8 Å². The molecule has 2 atom stereocenters. The Hall–Kier alpha value is -1.66. The summed E-state index contributed by atoms with van der Waals surface area (Å²) in [6, 6.07) is 3.71. The molecule has 1 fully saturated rings. The van der Waals surface area contributed by atoms with Crippen molar-refractivity contribution in [3.63, 3.8) is 0 Å². The molecule has 5 N–H and O–H groups in total. The van der Waals surface area contributed by atoms with Crippen molar-refractivity contribution in [3.8, 4) is 0 Å². The minimum absolute atomic E-state index is 0.00228. The first-order valence-electron chi connectivity index (χ1n) is 7.38. The first-order chi connectivity index (χ1) is 10.1. The van der Waals surface area contributed by atoms with Crippen LogP contribution in [0.3, 0.4) is 0 Å². The van der Waals surface area contributed by atoms with Crippen LogP contribution in [0, 0.1) is 5.92 Å². The Balaban J connectivity index is 2.12. The average Bonchev–Trinajstić information content (AvgIpc) is 2.52. The van der Waals surface area contributed by atoms with Crippen LogP contribution in [0.4, 0.5) is 0 Å². The summed E-state index contributed by atoms with van der Waals surface area (Å²) in [5, 5.41) is 25.1. The predicted octanol–water partition coefficient (Wildman–Crippen LogP) is 1.21. The summed E-state index contributed by atoms with van der Waals surface area (Å²) in [7, 11) is 0. The maximum atomic E-state index is 9.80. The molecular weight excluding hydrogens is 268 g/mol. The van der Waals surface area contributed by atoms with Crippen molar-refractivity contribution >= 4 is 5.84 Å². The Morgan fingerprint density at radius 3 is 3.10 bits per heavy atom. The molecular formula is C15H24N4O2. The van der Waals surface area contributed by atoms with Crippen LogP contribution >= 0.6 is 0 Å². The van der Waals surface area contributed by atoms with Gasteiger partial charge in [-0.25, -0.2) is 0 Å². The minimum atomic E-state index is -0.240. The highest BCUT2D eigenvalue weighted by atomic mass is 16.4. The number of aliphatic hydroxyl groups is 1. The summed E-state index contributed by atoms with van der Waals surface area (Å²) < 4.78 is 0. The lowest BCUT2D eigenvalue weighted by Gasteiger charge is -2.39. The first kappa shape index (κ1) is 15.7. The molecule has 21 heavy (non-hydrogen) atoms. The van der Waals surface area contributed by atoms with E-state index in [0.29, 0.717) is 18.2 Å². The molecule has 2 unspecified atom stereocenters. The fraction of sp³-hybridized carbons (Fsp3) is 0.600. The molecule has 1 aromatic rings. The van der Waals surface area contributed by atoms with Crippen LogP contribution in [-0.4, -0.2) is 33.3 Å². The SMILES string of the molecule is CC1CCCC(CO)(NCc2cccnc2C(N)=NO)C1. The molecule has 0 radical (unpaired) electrons. The molecule has 0 aromatic carbocycles. The number of nitrogens with zero attached hydrogens (tertiary/aromatic N) is 2. The Kier molecular flexibility index (Phi) is 5.14. The summed E-state index contributed by atoms with van der Waals surface area (Å²) in [6.45, 7) is 2.88. The normalized spacial score (nSPS) is 26.8. The van der Waals surface area contributed by atoms with E-state index in [9.17, 15) is 5.11 Å². The third kappa shape index (κ3) is 3.71. The van der Waals surface area contributed by atoms with Gasteiger partial charge in [0.2, 0.25) is 0 Å². The highest BCUT2D eigenvalue weighted by Gasteiger charge is 2.33. The summed E-state index contributed by atoms with van der Waals surface area (Å²) >= 11 is 0. The van der Waals surface area contributed by atoms with Crippen molar-refractivity contribution in [2.24, 2.45) is 16.8 Å². The maximum absolute atomic E-state index is 9.80. The molecule has 1 aliphatic carbocycles. The lowest BCUT2D eigenvalue weighted by atomic mass is 9.76. The molecule has 116 valence electrons. The lowest BCUT2D eigenvalue weighted by Crippen LogP contribution is -2.51. The number of nitrogens with two attached hydrogens (primary N) is 1. The van der Waals surface area contributed by atoms with Gasteiger partial charge in [0.15, 0.2) is 5.84 Å². The quantitative estimate of drug-likeness (QED) is 0.283. The van der Waals surface area contributed by atoms with Crippen LogP contribution in [0.25, 0.3) is 0 Å². The van der Waals surface area contributed by atoms with Crippen LogP contribution in [0.15, 0.2) is 23.5 Å². The number of hydrogen-bond acceptors (Lipinski definition) is 5. The zero-order valence-corrected chi connectivity index (χ0v) is 12.4. The van der Waals surface area contributed by atoms with Gasteiger partial charge >= 0.3 is 0 Å². The van der Waals surface area contributed by atoms with Crippen LogP contribution in [0.2, 0.25) is 0 Å². The molecule has 0 spiro atoms. The zero-order valence-electron chi connectivity index (χ0n) is 12.4. The fourth-order valence-corrected chi connectivity index (χ4v) is 3.16. The fourth-order valence-electron chi connectivity index (χ4n) is 3.16. The molecule has 1 saturated carbocycles. The zero-order chi connectivity index (χ0) is 15.3. The van der Waals surface area contributed by atoms with Gasteiger partial charge in [-0.2, -0.15) is 0 Å². The number of rotatable bonds is 5. The third-order valence-corrected chi connectivity index (χ3v) is 4.29. The average molecular weight is 292 g/mol. The van der Waals surface area contributed by atoms with E-state index in [2.05, 4.69) is 22.4 Å². The van der Waals surface area contributed by atoms with Gasteiger partial charge in [-0.05, 0) is 30.4 Å². The summed E-state index contributed by atoms with van der Waals surface area (Å²) in [5.74, 6) is 0.610. The van der Waals surface area contributed by atoms with E-state index < -0.39 is 0 Å². The van der Waals surface area contributed by atoms with E-state index in [1.54, 1.807) is 6.20 Å². The highest BCUT2D eigenvalue weighted by Crippen LogP contribution is 2.32. The predicted molar refractivity (Wildman–Crippen MR) is 81.0 cm³/mol. The van der Waals surface area contributed by atoms with Crippen molar-refractivity contribution in [1.82, 2.24) is 10.3 Å². The van der Waals surface area contributed by atoms with Crippen molar-refractivity contribution in [2.45, 2.75) is 44.7 Å². The summed E-state index contributed by atoms with van der Waals surface area (Å²) in [4.78, 5) is 4.16. The van der Waals surface area contributed by atoms with Crippen LogP contribution < -0.4 is 11.1 Å². The number of aliphatic hydroxyl groups excluding tert-OH is 1. The third-order valence-electron chi connectivity index (χ3n) is 4.29. The van der Waals surface area contributed by atoms with Gasteiger partial charge in [0.1, 0.15) is 5.69 Å². The number of oxime groups is 1. The van der Waals surface area contributed by atoms with E-state index in [4.69, 9.17) is 10.9 Å². The Morgan fingerprint density at radius 2 is 2.43 bits per heavy atom. The van der Waals surface area contributed by atoms with Gasteiger partial charge in [0, 0.05) is 18.3 Å². The van der Waals surface area contributed by atoms with E-state index in [-0.39, 0.29) is 18.0 Å². The first-order valence-corrected chi connectivity index (χ1v) is 7.38. The number of pyridine rings is 1. The number of nitrogens with one attached hydrogen (secondary N) is 1. The second-order valence-corrected chi connectivity index (χ2v) is 5.99. The molecule has 0 amide bonds. The minimum Gasteiger partial charge on any atom is -0.409 e. The van der Waals surface area contributed by atoms with Crippen molar-refractivity contribution in [1.29, 1.82) is 0 Å². The van der Waals surface area contributed by atoms with Gasteiger partial charge in [0.25, 0.3) is 0 Å². The van der Waals surface area contributed by atoms with Gasteiger partial charge in [0.05, 0.1) is 6.61 Å². The van der Waals surface area contributed by atoms with Gasteiger partial charge < -0.3 is 21.4 Å². The topological polar surface area (TPSA) is 104 Å².